The molecular formula is C28H36FNO6. The molecule has 2 unspecified atom stereocenters. The number of pyridine rings is 1. The van der Waals surface area contributed by atoms with E-state index >= 15 is 0 Å². The van der Waals surface area contributed by atoms with Crippen molar-refractivity contribution in [1.82, 2.24) is 4.98 Å². The summed E-state index contributed by atoms with van der Waals surface area (Å²) in [7, 11) is 1.23. The third-order valence-corrected chi connectivity index (χ3v) is 5.65. The van der Waals surface area contributed by atoms with Gasteiger partial charge in [0.25, 0.3) is 0 Å². The molecule has 0 amide bonds. The molecule has 1 aromatic carbocycles. The third-order valence-electron chi connectivity index (χ3n) is 5.65. The monoisotopic (exact) mass is 501 g/mol. The Kier molecular flexibility index (Phi) is 10.7. The Bertz CT molecular complexity index is 1080. The molecule has 2 N–H and O–H groups in total. The maximum Gasteiger partial charge on any atom is 0.340 e. The molecule has 0 radical (unpaired) electrons. The smallest absolute Gasteiger partial charge is 0.340 e. The summed E-state index contributed by atoms with van der Waals surface area (Å²) in [6.07, 6.45) is 0.647. The lowest BCUT2D eigenvalue weighted by molar-refractivity contribution is -0.143. The molecule has 0 saturated carbocycles. The summed E-state index contributed by atoms with van der Waals surface area (Å²) in [5, 5.41) is 20.6. The van der Waals surface area contributed by atoms with Gasteiger partial charge in [0.1, 0.15) is 5.82 Å². The Hall–Kier alpha value is -3.10. The van der Waals surface area contributed by atoms with Crippen molar-refractivity contribution in [2.24, 2.45) is 0 Å². The van der Waals surface area contributed by atoms with Crippen LogP contribution in [-0.4, -0.2) is 53.1 Å². The average molecular weight is 502 g/mol. The lowest BCUT2D eigenvalue weighted by Crippen LogP contribution is -2.20. The molecule has 0 saturated heterocycles. The SMILES string of the molecule is CCOC(=O)c1c(C(C)C)nc(-c2ccc(F)cc2)c(C=CC(O)CC(O)CC(=O)OC)c1C(C)C. The first-order chi connectivity index (χ1) is 17.0. The van der Waals surface area contributed by atoms with E-state index in [0.29, 0.717) is 33.6 Å². The summed E-state index contributed by atoms with van der Waals surface area (Å²) in [5.74, 6) is -1.66. The first-order valence-electron chi connectivity index (χ1n) is 12.1. The first kappa shape index (κ1) is 29.1. The van der Waals surface area contributed by atoms with Gasteiger partial charge in [-0.2, -0.15) is 0 Å². The van der Waals surface area contributed by atoms with Crippen LogP contribution >= 0.6 is 0 Å². The van der Waals surface area contributed by atoms with Crippen LogP contribution in [0.25, 0.3) is 17.3 Å². The Balaban J connectivity index is 2.71. The van der Waals surface area contributed by atoms with Crippen molar-refractivity contribution in [2.45, 2.75) is 71.5 Å². The van der Waals surface area contributed by atoms with Crippen molar-refractivity contribution >= 4 is 18.0 Å². The zero-order valence-electron chi connectivity index (χ0n) is 21.7. The van der Waals surface area contributed by atoms with Gasteiger partial charge < -0.3 is 19.7 Å². The molecule has 2 rings (SSSR count). The van der Waals surface area contributed by atoms with Crippen molar-refractivity contribution in [3.8, 4) is 11.3 Å². The largest absolute Gasteiger partial charge is 0.469 e. The van der Waals surface area contributed by atoms with Crippen LogP contribution in [-0.2, 0) is 14.3 Å². The van der Waals surface area contributed by atoms with Crippen LogP contribution in [0, 0.1) is 5.82 Å². The molecule has 0 spiro atoms. The Labute approximate surface area is 212 Å². The highest BCUT2D eigenvalue weighted by molar-refractivity contribution is 5.95. The normalized spacial score (nSPS) is 13.3. The fourth-order valence-corrected chi connectivity index (χ4v) is 3.99. The van der Waals surface area contributed by atoms with E-state index in [0.717, 1.165) is 0 Å². The predicted molar refractivity (Wildman–Crippen MR) is 136 cm³/mol. The number of ether oxygens (including phenoxy) is 2. The second-order valence-corrected chi connectivity index (χ2v) is 9.18. The van der Waals surface area contributed by atoms with Gasteiger partial charge in [0.2, 0.25) is 0 Å². The number of hydrogen-bond acceptors (Lipinski definition) is 7. The number of hydrogen-bond donors (Lipinski definition) is 2. The summed E-state index contributed by atoms with van der Waals surface area (Å²) in [6.45, 7) is 9.71. The minimum absolute atomic E-state index is 0.0866. The number of carbonyl (C=O) groups excluding carboxylic acids is 2. The zero-order chi connectivity index (χ0) is 27.0. The van der Waals surface area contributed by atoms with Gasteiger partial charge in [0.15, 0.2) is 0 Å². The van der Waals surface area contributed by atoms with Crippen LogP contribution < -0.4 is 0 Å². The fraction of sp³-hybridized carbons (Fsp3) is 0.464. The van der Waals surface area contributed by atoms with Gasteiger partial charge in [-0.1, -0.05) is 39.8 Å². The Morgan fingerprint density at radius 2 is 1.72 bits per heavy atom. The van der Waals surface area contributed by atoms with E-state index in [2.05, 4.69) is 4.74 Å². The average Bonchev–Trinajstić information content (AvgIpc) is 2.81. The fourth-order valence-electron chi connectivity index (χ4n) is 3.99. The van der Waals surface area contributed by atoms with Crippen molar-refractivity contribution in [2.75, 3.05) is 13.7 Å². The number of aliphatic hydroxyl groups is 2. The number of benzene rings is 1. The van der Waals surface area contributed by atoms with Crippen LogP contribution in [0.4, 0.5) is 4.39 Å². The van der Waals surface area contributed by atoms with Gasteiger partial charge >= 0.3 is 11.9 Å². The van der Waals surface area contributed by atoms with E-state index in [1.807, 2.05) is 27.7 Å². The standard InChI is InChI=1S/C28H36FNO6/c1-7-36-28(34)25-24(16(2)3)22(13-12-20(31)14-21(32)15-23(33)35-6)27(30-26(25)17(4)5)18-8-10-19(29)11-9-18/h8-13,16-17,20-21,31-32H,7,14-15H2,1-6H3. The quantitative estimate of drug-likeness (QED) is 0.418. The van der Waals surface area contributed by atoms with Gasteiger partial charge in [0.05, 0.1) is 49.3 Å². The van der Waals surface area contributed by atoms with E-state index in [1.165, 1.54) is 25.3 Å². The molecule has 0 aliphatic rings. The molecule has 196 valence electrons. The second-order valence-electron chi connectivity index (χ2n) is 9.18. The zero-order valence-corrected chi connectivity index (χ0v) is 21.7. The maximum atomic E-state index is 13.7. The number of aromatic nitrogens is 1. The minimum atomic E-state index is -1.09. The summed E-state index contributed by atoms with van der Waals surface area (Å²) in [5.41, 5.74) is 3.43. The maximum absolute atomic E-state index is 13.7. The molecule has 0 aliphatic heterocycles. The topological polar surface area (TPSA) is 106 Å². The molecular weight excluding hydrogens is 465 g/mol. The van der Waals surface area contributed by atoms with Crippen LogP contribution in [0.3, 0.4) is 0 Å². The number of nitrogens with zero attached hydrogens (tertiary/aromatic N) is 1. The highest BCUT2D eigenvalue weighted by Gasteiger charge is 2.28. The van der Waals surface area contributed by atoms with Gasteiger partial charge in [-0.3, -0.25) is 9.78 Å². The number of carbonyl (C=O) groups is 2. The van der Waals surface area contributed by atoms with Gasteiger partial charge in [-0.15, -0.1) is 0 Å². The highest BCUT2D eigenvalue weighted by atomic mass is 19.1. The summed E-state index contributed by atoms with van der Waals surface area (Å²) < 4.78 is 23.6. The molecule has 2 atom stereocenters. The molecule has 0 bridgehead atoms. The van der Waals surface area contributed by atoms with Crippen molar-refractivity contribution in [1.29, 1.82) is 0 Å². The number of methoxy groups -OCH3 is 1. The molecule has 36 heavy (non-hydrogen) atoms. The van der Waals surface area contributed by atoms with E-state index in [4.69, 9.17) is 9.72 Å². The molecule has 0 fully saturated rings. The molecule has 1 aromatic heterocycles. The van der Waals surface area contributed by atoms with E-state index in [-0.39, 0.29) is 37.1 Å². The molecule has 7 nitrogen and oxygen atoms in total. The van der Waals surface area contributed by atoms with Crippen LogP contribution in [0.2, 0.25) is 0 Å². The van der Waals surface area contributed by atoms with E-state index < -0.39 is 24.1 Å². The summed E-state index contributed by atoms with van der Waals surface area (Å²) in [4.78, 5) is 29.3. The van der Waals surface area contributed by atoms with Crippen molar-refractivity contribution in [3.05, 3.63) is 58.5 Å². The molecule has 2 aromatic rings. The summed E-state index contributed by atoms with van der Waals surface area (Å²) >= 11 is 0. The highest BCUT2D eigenvalue weighted by Crippen LogP contribution is 2.37. The minimum Gasteiger partial charge on any atom is -0.469 e. The number of esters is 2. The first-order valence-corrected chi connectivity index (χ1v) is 12.1. The summed E-state index contributed by atoms with van der Waals surface area (Å²) in [6, 6.07) is 5.91. The Morgan fingerprint density at radius 1 is 1.08 bits per heavy atom. The molecule has 8 heteroatoms. The van der Waals surface area contributed by atoms with E-state index in [9.17, 15) is 24.2 Å². The predicted octanol–water partition coefficient (Wildman–Crippen LogP) is 5.00. The molecule has 1 heterocycles. The lowest BCUT2D eigenvalue weighted by Gasteiger charge is -2.23. The van der Waals surface area contributed by atoms with Crippen LogP contribution in [0.15, 0.2) is 30.3 Å². The van der Waals surface area contributed by atoms with Gasteiger partial charge in [-0.05, 0) is 48.6 Å². The van der Waals surface area contributed by atoms with Crippen molar-refractivity contribution in [3.63, 3.8) is 0 Å². The van der Waals surface area contributed by atoms with Crippen molar-refractivity contribution < 1.29 is 33.7 Å². The van der Waals surface area contributed by atoms with Crippen LogP contribution in [0.5, 0.6) is 0 Å². The number of aliphatic hydroxyl groups excluding tert-OH is 2. The number of halogens is 1. The van der Waals surface area contributed by atoms with E-state index in [1.54, 1.807) is 25.1 Å². The lowest BCUT2D eigenvalue weighted by atomic mass is 9.85. The second kappa shape index (κ2) is 13.3. The van der Waals surface area contributed by atoms with Crippen LogP contribution in [0.1, 0.15) is 86.5 Å². The molecule has 0 aliphatic carbocycles. The third kappa shape index (κ3) is 7.45. The Morgan fingerprint density at radius 3 is 2.25 bits per heavy atom. The van der Waals surface area contributed by atoms with Gasteiger partial charge in [0, 0.05) is 17.5 Å². The number of rotatable bonds is 11. The van der Waals surface area contributed by atoms with Gasteiger partial charge in [-0.25, -0.2) is 9.18 Å².